The van der Waals surface area contributed by atoms with Crippen LogP contribution in [0.25, 0.3) is 5.57 Å². The summed E-state index contributed by atoms with van der Waals surface area (Å²) >= 11 is 7.92. The zero-order valence-electron chi connectivity index (χ0n) is 6.59. The Labute approximate surface area is 81.6 Å². The largest absolute Gasteiger partial charge is 0.133 e. The van der Waals surface area contributed by atoms with E-state index >= 15 is 0 Å². The van der Waals surface area contributed by atoms with Gasteiger partial charge in [0.1, 0.15) is 0 Å². The predicted molar refractivity (Wildman–Crippen MR) is 56.5 cm³/mol. The second-order valence-electron chi connectivity index (χ2n) is 2.74. The molecule has 0 saturated carbocycles. The molecule has 0 atom stereocenters. The Morgan fingerprint density at radius 3 is 2.75 bits per heavy atom. The highest BCUT2D eigenvalue weighted by Crippen LogP contribution is 2.33. The number of rotatable bonds is 1. The van der Waals surface area contributed by atoms with E-state index in [9.17, 15) is 0 Å². The number of thioether (sulfide) groups is 1. The van der Waals surface area contributed by atoms with Crippen LogP contribution in [0.1, 0.15) is 12.0 Å². The molecule has 0 N–H and O–H groups in total. The molecule has 2 rings (SSSR count). The molecule has 0 bridgehead atoms. The average Bonchev–Trinajstić information content (AvgIpc) is 2.57. The molecule has 0 aromatic heterocycles. The molecule has 0 aliphatic carbocycles. The van der Waals surface area contributed by atoms with Crippen molar-refractivity contribution in [3.05, 3.63) is 40.3 Å². The zero-order chi connectivity index (χ0) is 8.39. The van der Waals surface area contributed by atoms with Gasteiger partial charge in [-0.05, 0) is 29.0 Å². The Bertz CT molecular complexity index is 317. The topological polar surface area (TPSA) is 0 Å². The second-order valence-corrected chi connectivity index (χ2v) is 4.13. The highest BCUT2D eigenvalue weighted by atomic mass is 35.5. The molecular weight excluding hydrogens is 188 g/mol. The number of hydrogen-bond donors (Lipinski definition) is 0. The maximum atomic E-state index is 6.05. The van der Waals surface area contributed by atoms with Crippen LogP contribution in [0.5, 0.6) is 0 Å². The van der Waals surface area contributed by atoms with Gasteiger partial charge in [-0.15, -0.1) is 11.8 Å². The van der Waals surface area contributed by atoms with E-state index in [0.29, 0.717) is 0 Å². The van der Waals surface area contributed by atoms with Crippen LogP contribution in [0, 0.1) is 0 Å². The summed E-state index contributed by atoms with van der Waals surface area (Å²) in [6.07, 6.45) is 1.15. The summed E-state index contributed by atoms with van der Waals surface area (Å²) in [5.74, 6) is 1.19. The van der Waals surface area contributed by atoms with Crippen molar-refractivity contribution >= 4 is 28.9 Å². The van der Waals surface area contributed by atoms with Crippen LogP contribution in [-0.4, -0.2) is 5.75 Å². The van der Waals surface area contributed by atoms with Gasteiger partial charge in [-0.25, -0.2) is 0 Å². The minimum atomic E-state index is 0.867. The van der Waals surface area contributed by atoms with Gasteiger partial charge in [0.05, 0.1) is 0 Å². The lowest BCUT2D eigenvalue weighted by Crippen LogP contribution is -1.82. The molecule has 0 spiro atoms. The molecule has 1 aromatic rings. The zero-order valence-corrected chi connectivity index (χ0v) is 8.16. The molecule has 1 heterocycles. The lowest BCUT2D eigenvalue weighted by Gasteiger charge is -2.02. The maximum absolute atomic E-state index is 6.05. The van der Waals surface area contributed by atoms with Crippen LogP contribution in [0.3, 0.4) is 0 Å². The molecule has 0 amide bonds. The van der Waals surface area contributed by atoms with Crippen LogP contribution in [-0.2, 0) is 0 Å². The lowest BCUT2D eigenvalue weighted by atomic mass is 10.1. The van der Waals surface area contributed by atoms with Crippen molar-refractivity contribution in [3.8, 4) is 0 Å². The quantitative estimate of drug-likeness (QED) is 0.658. The molecule has 0 unspecified atom stereocenters. The van der Waals surface area contributed by atoms with Gasteiger partial charge >= 0.3 is 0 Å². The fraction of sp³-hybridized carbons (Fsp3) is 0.200. The molecule has 1 aliphatic heterocycles. The van der Waals surface area contributed by atoms with Crippen LogP contribution in [0.2, 0.25) is 5.02 Å². The van der Waals surface area contributed by atoms with Crippen molar-refractivity contribution in [2.45, 2.75) is 6.42 Å². The van der Waals surface area contributed by atoms with Gasteiger partial charge in [0.2, 0.25) is 0 Å². The summed E-state index contributed by atoms with van der Waals surface area (Å²) in [7, 11) is 0. The third kappa shape index (κ3) is 1.52. The molecule has 12 heavy (non-hydrogen) atoms. The number of allylic oxidation sites excluding steroid dienone is 1. The van der Waals surface area contributed by atoms with E-state index in [1.165, 1.54) is 16.9 Å². The normalized spacial score (nSPS) is 16.2. The monoisotopic (exact) mass is 196 g/mol. The first-order valence-electron chi connectivity index (χ1n) is 3.93. The van der Waals surface area contributed by atoms with E-state index in [1.54, 1.807) is 0 Å². The van der Waals surface area contributed by atoms with Gasteiger partial charge in [-0.1, -0.05) is 29.8 Å². The summed E-state index contributed by atoms with van der Waals surface area (Å²) in [6, 6.07) is 8.03. The van der Waals surface area contributed by atoms with Gasteiger partial charge in [-0.3, -0.25) is 0 Å². The van der Waals surface area contributed by atoms with E-state index in [-0.39, 0.29) is 0 Å². The minimum absolute atomic E-state index is 0.867. The Morgan fingerprint density at radius 2 is 2.08 bits per heavy atom. The lowest BCUT2D eigenvalue weighted by molar-refractivity contribution is 1.29. The fourth-order valence-corrected chi connectivity index (χ4v) is 2.47. The van der Waals surface area contributed by atoms with E-state index in [0.717, 1.165) is 11.4 Å². The number of halogens is 1. The third-order valence-corrected chi connectivity index (χ3v) is 3.16. The molecule has 1 aliphatic rings. The van der Waals surface area contributed by atoms with Crippen molar-refractivity contribution in [2.75, 3.05) is 5.75 Å². The Kier molecular flexibility index (Phi) is 2.43. The standard InChI is InChI=1S/C10H9ClS/c11-10-4-2-1-3-9(10)8-5-6-12-7-8/h1-4,7H,5-6H2. The first kappa shape index (κ1) is 8.21. The van der Waals surface area contributed by atoms with Crippen LogP contribution < -0.4 is 0 Å². The molecule has 0 radical (unpaired) electrons. The van der Waals surface area contributed by atoms with E-state index in [2.05, 4.69) is 11.5 Å². The van der Waals surface area contributed by atoms with Crippen molar-refractivity contribution in [1.29, 1.82) is 0 Å². The molecule has 0 nitrogen and oxygen atoms in total. The molecule has 62 valence electrons. The summed E-state index contributed by atoms with van der Waals surface area (Å²) in [5, 5.41) is 3.08. The van der Waals surface area contributed by atoms with Crippen molar-refractivity contribution in [3.63, 3.8) is 0 Å². The highest BCUT2D eigenvalue weighted by Gasteiger charge is 2.09. The van der Waals surface area contributed by atoms with E-state index in [1.807, 2.05) is 30.0 Å². The summed E-state index contributed by atoms with van der Waals surface area (Å²) in [5.41, 5.74) is 2.58. The average molecular weight is 197 g/mol. The fourth-order valence-electron chi connectivity index (χ4n) is 1.31. The predicted octanol–water partition coefficient (Wildman–Crippen LogP) is 3.82. The third-order valence-electron chi connectivity index (χ3n) is 1.93. The van der Waals surface area contributed by atoms with Gasteiger partial charge < -0.3 is 0 Å². The summed E-state index contributed by atoms with van der Waals surface area (Å²) in [6.45, 7) is 0. The van der Waals surface area contributed by atoms with Gasteiger partial charge in [0, 0.05) is 10.8 Å². The molecular formula is C10H9ClS. The Hall–Kier alpha value is -0.400. The maximum Gasteiger partial charge on any atom is 0.0481 e. The SMILES string of the molecule is Clc1ccccc1C1=CSCC1. The summed E-state index contributed by atoms with van der Waals surface area (Å²) in [4.78, 5) is 0. The smallest absolute Gasteiger partial charge is 0.0481 e. The van der Waals surface area contributed by atoms with Crippen molar-refractivity contribution in [1.82, 2.24) is 0 Å². The minimum Gasteiger partial charge on any atom is -0.133 e. The van der Waals surface area contributed by atoms with Crippen molar-refractivity contribution < 1.29 is 0 Å². The van der Waals surface area contributed by atoms with Gasteiger partial charge in [0.15, 0.2) is 0 Å². The van der Waals surface area contributed by atoms with Crippen LogP contribution in [0.15, 0.2) is 29.7 Å². The molecule has 0 fully saturated rings. The van der Waals surface area contributed by atoms with E-state index in [4.69, 9.17) is 11.6 Å². The molecule has 0 saturated heterocycles. The first-order chi connectivity index (χ1) is 5.88. The molecule has 1 aromatic carbocycles. The van der Waals surface area contributed by atoms with Crippen molar-refractivity contribution in [2.24, 2.45) is 0 Å². The second kappa shape index (κ2) is 3.55. The van der Waals surface area contributed by atoms with Gasteiger partial charge in [0.25, 0.3) is 0 Å². The van der Waals surface area contributed by atoms with E-state index < -0.39 is 0 Å². The number of hydrogen-bond acceptors (Lipinski definition) is 1. The Morgan fingerprint density at radius 1 is 1.25 bits per heavy atom. The Balaban J connectivity index is 2.39. The number of benzene rings is 1. The highest BCUT2D eigenvalue weighted by molar-refractivity contribution is 8.02. The van der Waals surface area contributed by atoms with Crippen LogP contribution in [0.4, 0.5) is 0 Å². The van der Waals surface area contributed by atoms with Gasteiger partial charge in [-0.2, -0.15) is 0 Å². The summed E-state index contributed by atoms with van der Waals surface area (Å²) < 4.78 is 0. The van der Waals surface area contributed by atoms with Crippen LogP contribution >= 0.6 is 23.4 Å². The molecule has 2 heteroatoms. The first-order valence-corrected chi connectivity index (χ1v) is 5.36.